The Kier molecular flexibility index (Phi) is 2.74. The highest BCUT2D eigenvalue weighted by atomic mass is 35.5. The molecule has 1 aliphatic rings. The average Bonchev–Trinajstić information content (AvgIpc) is 3.00. The number of nitrogens with two attached hydrogens (primary N) is 1. The summed E-state index contributed by atoms with van der Waals surface area (Å²) in [6.07, 6.45) is 2.46. The van der Waals surface area contributed by atoms with E-state index in [0.717, 1.165) is 17.1 Å². The second kappa shape index (κ2) is 4.13. The van der Waals surface area contributed by atoms with Crippen LogP contribution in [0, 0.1) is 0 Å². The molecule has 0 amide bonds. The molecule has 2 aromatic rings. The van der Waals surface area contributed by atoms with Crippen LogP contribution in [0.5, 0.6) is 0 Å². The highest BCUT2D eigenvalue weighted by Crippen LogP contribution is 2.51. The van der Waals surface area contributed by atoms with Crippen molar-refractivity contribution in [3.05, 3.63) is 46.3 Å². The lowest BCUT2D eigenvalue weighted by atomic mass is 10.1. The predicted octanol–water partition coefficient (Wildman–Crippen LogP) is 4.06. The Hall–Kier alpha value is -0.830. The van der Waals surface area contributed by atoms with Crippen LogP contribution in [0.2, 0.25) is 5.02 Å². The Labute approximate surface area is 110 Å². The molecule has 17 heavy (non-hydrogen) atoms. The summed E-state index contributed by atoms with van der Waals surface area (Å²) in [5.41, 5.74) is 7.26. The molecule has 0 radical (unpaired) electrons. The van der Waals surface area contributed by atoms with E-state index in [0.29, 0.717) is 0 Å². The van der Waals surface area contributed by atoms with Gasteiger partial charge in [-0.15, -0.1) is 11.3 Å². The smallest absolute Gasteiger partial charge is 0.0492 e. The Morgan fingerprint density at radius 2 is 1.94 bits per heavy atom. The second-order valence-electron chi connectivity index (χ2n) is 4.63. The van der Waals surface area contributed by atoms with E-state index in [2.05, 4.69) is 18.2 Å². The van der Waals surface area contributed by atoms with E-state index < -0.39 is 0 Å². The number of hydrogen-bond acceptors (Lipinski definition) is 2. The van der Waals surface area contributed by atoms with Crippen LogP contribution in [0.25, 0.3) is 10.4 Å². The molecule has 1 nitrogen and oxygen atoms in total. The maximum Gasteiger partial charge on any atom is 0.0492 e. The summed E-state index contributed by atoms with van der Waals surface area (Å²) < 4.78 is 0. The van der Waals surface area contributed by atoms with E-state index in [9.17, 15) is 0 Å². The molecular formula is C14H14ClNS. The van der Waals surface area contributed by atoms with Gasteiger partial charge in [0.15, 0.2) is 0 Å². The quantitative estimate of drug-likeness (QED) is 0.888. The summed E-state index contributed by atoms with van der Waals surface area (Å²) in [4.78, 5) is 2.65. The van der Waals surface area contributed by atoms with Gasteiger partial charge in [-0.25, -0.2) is 0 Å². The third kappa shape index (κ3) is 1.90. The third-order valence-electron chi connectivity index (χ3n) is 3.51. The van der Waals surface area contributed by atoms with Crippen LogP contribution in [-0.4, -0.2) is 6.54 Å². The zero-order valence-corrected chi connectivity index (χ0v) is 11.0. The standard InChI is InChI=1S/C14H14ClNS/c15-11-4-2-1-3-10(11)12-5-6-13(17-12)14(9-16)7-8-14/h1-6H,7-9,16H2. The van der Waals surface area contributed by atoms with Gasteiger partial charge in [-0.2, -0.15) is 0 Å². The largest absolute Gasteiger partial charge is 0.330 e. The Bertz CT molecular complexity index is 543. The van der Waals surface area contributed by atoms with Crippen LogP contribution in [0.1, 0.15) is 17.7 Å². The van der Waals surface area contributed by atoms with Crippen LogP contribution in [0.4, 0.5) is 0 Å². The number of benzene rings is 1. The fourth-order valence-electron chi connectivity index (χ4n) is 2.13. The van der Waals surface area contributed by atoms with Crippen molar-refractivity contribution in [2.24, 2.45) is 5.73 Å². The van der Waals surface area contributed by atoms with E-state index in [-0.39, 0.29) is 5.41 Å². The number of hydrogen-bond donors (Lipinski definition) is 1. The fourth-order valence-corrected chi connectivity index (χ4v) is 3.73. The Morgan fingerprint density at radius 1 is 1.18 bits per heavy atom. The average molecular weight is 264 g/mol. The topological polar surface area (TPSA) is 26.0 Å². The van der Waals surface area contributed by atoms with E-state index in [4.69, 9.17) is 17.3 Å². The van der Waals surface area contributed by atoms with Gasteiger partial charge in [-0.1, -0.05) is 29.8 Å². The molecule has 0 spiro atoms. The van der Waals surface area contributed by atoms with Gasteiger partial charge in [0.25, 0.3) is 0 Å². The molecule has 3 heteroatoms. The zero-order chi connectivity index (χ0) is 11.9. The van der Waals surface area contributed by atoms with Gasteiger partial charge >= 0.3 is 0 Å². The van der Waals surface area contributed by atoms with Crippen molar-refractivity contribution in [2.45, 2.75) is 18.3 Å². The van der Waals surface area contributed by atoms with E-state index in [1.807, 2.05) is 29.5 Å². The molecule has 1 aromatic carbocycles. The maximum atomic E-state index is 6.21. The molecule has 2 N–H and O–H groups in total. The summed E-state index contributed by atoms with van der Waals surface area (Å²) in [7, 11) is 0. The van der Waals surface area contributed by atoms with Crippen molar-refractivity contribution < 1.29 is 0 Å². The minimum Gasteiger partial charge on any atom is -0.330 e. The molecule has 0 saturated heterocycles. The van der Waals surface area contributed by atoms with Gasteiger partial charge < -0.3 is 5.73 Å². The Morgan fingerprint density at radius 3 is 2.59 bits per heavy atom. The molecule has 0 unspecified atom stereocenters. The van der Waals surface area contributed by atoms with Crippen molar-refractivity contribution in [2.75, 3.05) is 6.54 Å². The lowest BCUT2D eigenvalue weighted by Crippen LogP contribution is -2.18. The minimum atomic E-state index is 0.282. The summed E-state index contributed by atoms with van der Waals surface area (Å²) in [6, 6.07) is 12.4. The predicted molar refractivity (Wildman–Crippen MR) is 74.7 cm³/mol. The van der Waals surface area contributed by atoms with Crippen molar-refractivity contribution in [3.8, 4) is 10.4 Å². The van der Waals surface area contributed by atoms with Gasteiger partial charge in [0.2, 0.25) is 0 Å². The van der Waals surface area contributed by atoms with Gasteiger partial charge in [0.05, 0.1) is 0 Å². The van der Waals surface area contributed by atoms with Gasteiger partial charge in [-0.3, -0.25) is 0 Å². The lowest BCUT2D eigenvalue weighted by Gasteiger charge is -2.08. The molecule has 0 aliphatic heterocycles. The molecule has 3 rings (SSSR count). The van der Waals surface area contributed by atoms with Crippen LogP contribution >= 0.6 is 22.9 Å². The molecule has 0 bridgehead atoms. The first-order chi connectivity index (χ1) is 8.25. The van der Waals surface area contributed by atoms with Crippen molar-refractivity contribution in [1.82, 2.24) is 0 Å². The molecule has 1 heterocycles. The van der Waals surface area contributed by atoms with Crippen LogP contribution in [0.3, 0.4) is 0 Å². The van der Waals surface area contributed by atoms with E-state index in [1.54, 1.807) is 0 Å². The molecule has 1 aromatic heterocycles. The lowest BCUT2D eigenvalue weighted by molar-refractivity contribution is 0.720. The molecule has 1 saturated carbocycles. The second-order valence-corrected chi connectivity index (χ2v) is 6.12. The SMILES string of the molecule is NCC1(c2ccc(-c3ccccc3Cl)s2)CC1. The van der Waals surface area contributed by atoms with Crippen molar-refractivity contribution in [1.29, 1.82) is 0 Å². The fraction of sp³-hybridized carbons (Fsp3) is 0.286. The first-order valence-electron chi connectivity index (χ1n) is 5.80. The maximum absolute atomic E-state index is 6.21. The van der Waals surface area contributed by atoms with Crippen molar-refractivity contribution >= 4 is 22.9 Å². The normalized spacial score (nSPS) is 17.1. The van der Waals surface area contributed by atoms with E-state index >= 15 is 0 Å². The monoisotopic (exact) mass is 263 g/mol. The highest BCUT2D eigenvalue weighted by molar-refractivity contribution is 7.15. The molecule has 1 fully saturated rings. The summed E-state index contributed by atoms with van der Waals surface area (Å²) >= 11 is 8.04. The first kappa shape index (κ1) is 11.3. The van der Waals surface area contributed by atoms with Gasteiger partial charge in [0.1, 0.15) is 0 Å². The van der Waals surface area contributed by atoms with Gasteiger partial charge in [-0.05, 0) is 31.0 Å². The molecule has 0 atom stereocenters. The number of thiophene rings is 1. The Balaban J connectivity index is 1.99. The highest BCUT2D eigenvalue weighted by Gasteiger charge is 2.44. The molecule has 88 valence electrons. The zero-order valence-electron chi connectivity index (χ0n) is 9.45. The summed E-state index contributed by atoms with van der Waals surface area (Å²) in [5, 5.41) is 0.818. The van der Waals surface area contributed by atoms with Crippen LogP contribution < -0.4 is 5.73 Å². The number of halogens is 1. The number of rotatable bonds is 3. The summed E-state index contributed by atoms with van der Waals surface area (Å²) in [6.45, 7) is 0.759. The first-order valence-corrected chi connectivity index (χ1v) is 7.00. The van der Waals surface area contributed by atoms with Crippen LogP contribution in [-0.2, 0) is 5.41 Å². The molecular weight excluding hydrogens is 250 g/mol. The summed E-state index contributed by atoms with van der Waals surface area (Å²) in [5.74, 6) is 0. The van der Waals surface area contributed by atoms with Crippen LogP contribution in [0.15, 0.2) is 36.4 Å². The third-order valence-corrected chi connectivity index (χ3v) is 5.21. The minimum absolute atomic E-state index is 0.282. The molecule has 1 aliphatic carbocycles. The van der Waals surface area contributed by atoms with Crippen molar-refractivity contribution in [3.63, 3.8) is 0 Å². The van der Waals surface area contributed by atoms with Gasteiger partial charge in [0, 0.05) is 32.3 Å². The van der Waals surface area contributed by atoms with E-state index in [1.165, 1.54) is 22.6 Å².